The fraction of sp³-hybridized carbons (Fsp3) is 0.400. The minimum atomic E-state index is -0.126. The number of thioether (sulfide) groups is 1. The van der Waals surface area contributed by atoms with Gasteiger partial charge in [0.05, 0.1) is 0 Å². The van der Waals surface area contributed by atoms with Crippen molar-refractivity contribution in [3.05, 3.63) is 16.6 Å². The third kappa shape index (κ3) is 1.18. The molecule has 0 amide bonds. The maximum Gasteiger partial charge on any atom is 0.272 e. The molecule has 10 heavy (non-hydrogen) atoms. The first kappa shape index (κ1) is 7.27. The molecule has 1 rings (SSSR count). The molecule has 0 saturated heterocycles. The van der Waals surface area contributed by atoms with E-state index in [4.69, 9.17) is 0 Å². The van der Waals surface area contributed by atoms with Crippen LogP contribution in [0.25, 0.3) is 0 Å². The second kappa shape index (κ2) is 2.83. The van der Waals surface area contributed by atoms with Crippen molar-refractivity contribution < 1.29 is 0 Å². The Hall–Kier alpha value is -0.840. The normalized spacial score (nSPS) is 9.80. The molecule has 0 radical (unpaired) electrons. The maximum atomic E-state index is 10.8. The largest absolute Gasteiger partial charge is 0.288 e. The minimum Gasteiger partial charge on any atom is -0.288 e. The fourth-order valence-electron chi connectivity index (χ4n) is 0.553. The van der Waals surface area contributed by atoms with E-state index < -0.39 is 0 Å². The Balaban J connectivity index is 3.28. The van der Waals surface area contributed by atoms with Gasteiger partial charge in [-0.05, 0) is 6.26 Å². The predicted octanol–water partition coefficient (Wildman–Crippen LogP) is -0.103. The van der Waals surface area contributed by atoms with Crippen molar-refractivity contribution in [3.8, 4) is 0 Å². The second-order valence-electron chi connectivity index (χ2n) is 1.73. The van der Waals surface area contributed by atoms with E-state index >= 15 is 0 Å². The van der Waals surface area contributed by atoms with Gasteiger partial charge in [-0.3, -0.25) is 9.36 Å². The first-order chi connectivity index (χ1) is 4.75. The molecule has 0 bridgehead atoms. The molecule has 4 nitrogen and oxygen atoms in total. The molecule has 54 valence electrons. The lowest BCUT2D eigenvalue weighted by Gasteiger charge is -1.98. The Morgan fingerprint density at radius 1 is 1.70 bits per heavy atom. The van der Waals surface area contributed by atoms with E-state index in [1.807, 2.05) is 6.26 Å². The Kier molecular flexibility index (Phi) is 2.06. The molecule has 0 aliphatic heterocycles. The highest BCUT2D eigenvalue weighted by atomic mass is 32.2. The van der Waals surface area contributed by atoms with Gasteiger partial charge in [0, 0.05) is 7.05 Å². The Labute approximate surface area is 62.3 Å². The zero-order chi connectivity index (χ0) is 7.56. The first-order valence-electron chi connectivity index (χ1n) is 2.68. The van der Waals surface area contributed by atoms with Crippen LogP contribution in [0, 0.1) is 0 Å². The van der Waals surface area contributed by atoms with Crippen LogP contribution in [0.1, 0.15) is 0 Å². The Morgan fingerprint density at radius 2 is 2.40 bits per heavy atom. The third-order valence-electron chi connectivity index (χ3n) is 1.11. The van der Waals surface area contributed by atoms with Crippen molar-refractivity contribution in [1.82, 2.24) is 14.8 Å². The molecule has 0 fully saturated rings. The fourth-order valence-corrected chi connectivity index (χ4v) is 1.05. The summed E-state index contributed by atoms with van der Waals surface area (Å²) in [6.07, 6.45) is 3.04. The van der Waals surface area contributed by atoms with Crippen LogP contribution >= 0.6 is 11.8 Å². The molecule has 0 N–H and O–H groups in total. The molecule has 1 aromatic rings. The average Bonchev–Trinajstić information content (AvgIpc) is 1.95. The number of rotatable bonds is 1. The molecule has 0 spiro atoms. The van der Waals surface area contributed by atoms with Crippen LogP contribution in [0.3, 0.4) is 0 Å². The molecule has 1 heterocycles. The van der Waals surface area contributed by atoms with Crippen molar-refractivity contribution in [1.29, 1.82) is 0 Å². The lowest BCUT2D eigenvalue weighted by molar-refractivity contribution is 0.662. The van der Waals surface area contributed by atoms with Gasteiger partial charge in [-0.2, -0.15) is 5.10 Å². The van der Waals surface area contributed by atoms with Gasteiger partial charge in [0.1, 0.15) is 6.20 Å². The summed E-state index contributed by atoms with van der Waals surface area (Å²) < 4.78 is 1.46. The summed E-state index contributed by atoms with van der Waals surface area (Å²) >= 11 is 1.40. The van der Waals surface area contributed by atoms with Gasteiger partial charge < -0.3 is 0 Å². The van der Waals surface area contributed by atoms with Gasteiger partial charge in [-0.25, -0.2) is 0 Å². The summed E-state index contributed by atoms with van der Waals surface area (Å²) in [4.78, 5) is 10.8. The molecule has 0 aliphatic carbocycles. The molecule has 0 unspecified atom stereocenters. The van der Waals surface area contributed by atoms with E-state index in [0.717, 1.165) is 0 Å². The lowest BCUT2D eigenvalue weighted by atomic mass is 10.8. The number of aromatic nitrogens is 3. The highest BCUT2D eigenvalue weighted by Crippen LogP contribution is 2.04. The molecule has 0 aromatic carbocycles. The molecule has 0 aliphatic rings. The Morgan fingerprint density at radius 3 is 2.90 bits per heavy atom. The van der Waals surface area contributed by atoms with Gasteiger partial charge in [-0.1, -0.05) is 11.8 Å². The smallest absolute Gasteiger partial charge is 0.272 e. The summed E-state index contributed by atoms with van der Waals surface area (Å²) in [5.74, 6) is 0. The molecule has 1 aromatic heterocycles. The zero-order valence-corrected chi connectivity index (χ0v) is 6.55. The van der Waals surface area contributed by atoms with Crippen LogP contribution in [0.5, 0.6) is 0 Å². The van der Waals surface area contributed by atoms with Gasteiger partial charge in [0.25, 0.3) is 5.56 Å². The standard InChI is InChI=1S/C5H7N3OS/c1-8-4(9)3-6-7-5(8)10-2/h3H,1-2H3. The van der Waals surface area contributed by atoms with Crippen LogP contribution in [0.4, 0.5) is 0 Å². The summed E-state index contributed by atoms with van der Waals surface area (Å²) in [6, 6.07) is 0. The van der Waals surface area contributed by atoms with E-state index in [1.54, 1.807) is 7.05 Å². The van der Waals surface area contributed by atoms with E-state index in [9.17, 15) is 4.79 Å². The molecule has 0 saturated carbocycles. The van der Waals surface area contributed by atoms with Crippen LogP contribution in [-0.4, -0.2) is 21.0 Å². The maximum absolute atomic E-state index is 10.8. The summed E-state index contributed by atoms with van der Waals surface area (Å²) in [6.45, 7) is 0. The number of hydrogen-bond acceptors (Lipinski definition) is 4. The lowest BCUT2D eigenvalue weighted by Crippen LogP contribution is -2.19. The van der Waals surface area contributed by atoms with E-state index in [2.05, 4.69) is 10.2 Å². The second-order valence-corrected chi connectivity index (χ2v) is 2.50. The molecular formula is C5H7N3OS. The van der Waals surface area contributed by atoms with Gasteiger partial charge in [0.15, 0.2) is 5.16 Å². The topological polar surface area (TPSA) is 47.8 Å². The van der Waals surface area contributed by atoms with Crippen molar-refractivity contribution >= 4 is 11.8 Å². The summed E-state index contributed by atoms with van der Waals surface area (Å²) in [5.41, 5.74) is -0.126. The van der Waals surface area contributed by atoms with Crippen molar-refractivity contribution in [3.63, 3.8) is 0 Å². The highest BCUT2D eigenvalue weighted by Gasteiger charge is 1.97. The highest BCUT2D eigenvalue weighted by molar-refractivity contribution is 7.98. The van der Waals surface area contributed by atoms with Gasteiger partial charge in [-0.15, -0.1) is 5.10 Å². The minimum absolute atomic E-state index is 0.126. The van der Waals surface area contributed by atoms with Crippen LogP contribution in [0.15, 0.2) is 16.1 Å². The summed E-state index contributed by atoms with van der Waals surface area (Å²) in [5, 5.41) is 7.88. The SMILES string of the molecule is CSc1nncc(=O)n1C. The zero-order valence-electron chi connectivity index (χ0n) is 5.74. The van der Waals surface area contributed by atoms with E-state index in [-0.39, 0.29) is 5.56 Å². The van der Waals surface area contributed by atoms with Gasteiger partial charge in [0.2, 0.25) is 0 Å². The van der Waals surface area contributed by atoms with E-state index in [1.165, 1.54) is 22.5 Å². The van der Waals surface area contributed by atoms with Crippen molar-refractivity contribution in [2.24, 2.45) is 7.05 Å². The quantitative estimate of drug-likeness (QED) is 0.534. The number of nitrogens with zero attached hydrogens (tertiary/aromatic N) is 3. The van der Waals surface area contributed by atoms with Crippen molar-refractivity contribution in [2.45, 2.75) is 5.16 Å². The van der Waals surface area contributed by atoms with Crippen LogP contribution < -0.4 is 5.56 Å². The predicted molar refractivity (Wildman–Crippen MR) is 39.1 cm³/mol. The van der Waals surface area contributed by atoms with Gasteiger partial charge >= 0.3 is 0 Å². The molecule has 5 heteroatoms. The molecule has 0 atom stereocenters. The Bertz CT molecular complexity index is 282. The third-order valence-corrected chi connectivity index (χ3v) is 1.83. The van der Waals surface area contributed by atoms with Crippen molar-refractivity contribution in [2.75, 3.05) is 6.26 Å². The number of hydrogen-bond donors (Lipinski definition) is 0. The average molecular weight is 157 g/mol. The van der Waals surface area contributed by atoms with E-state index in [0.29, 0.717) is 5.16 Å². The molecular weight excluding hydrogens is 150 g/mol. The van der Waals surface area contributed by atoms with Crippen LogP contribution in [0.2, 0.25) is 0 Å². The summed E-state index contributed by atoms with van der Waals surface area (Å²) in [7, 11) is 1.67. The van der Waals surface area contributed by atoms with Crippen LogP contribution in [-0.2, 0) is 7.05 Å². The first-order valence-corrected chi connectivity index (χ1v) is 3.91. The monoisotopic (exact) mass is 157 g/mol.